The fourth-order valence-electron chi connectivity index (χ4n) is 5.89. The number of aliphatic hydroxyl groups excluding tert-OH is 9. The molecule has 3 saturated heterocycles. The molecule has 50 heavy (non-hydrogen) atoms. The Morgan fingerprint density at radius 3 is 1.68 bits per heavy atom. The van der Waals surface area contributed by atoms with Crippen LogP contribution in [0.1, 0.15) is 20.7 Å². The average molecular weight is 713 g/mol. The van der Waals surface area contributed by atoms with E-state index in [0.717, 1.165) is 0 Å². The maximum Gasteiger partial charge on any atom is 0.338 e. The quantitative estimate of drug-likeness (QED) is 0.0953. The number of esters is 2. The number of aliphatic hydroxyl groups is 9. The summed E-state index contributed by atoms with van der Waals surface area (Å²) in [7, 11) is 0. The molecule has 2 aromatic carbocycles. The standard InChI is InChI=1S/C32H40O18/c33-11-17-20(37)22(39)23(40)30(44-17)47-26-24(41)25(46-28(42)15-7-3-1-4-8-15)19(13-35)45-31(26)50-32(14-36)27(21(38)18(12-34)49-32)48-29(43)16-9-5-2-6-10-16/h1-10,17-27,30-31,33-41H,11-14H2. The Morgan fingerprint density at radius 2 is 1.14 bits per heavy atom. The first-order valence-electron chi connectivity index (χ1n) is 15.7. The Bertz CT molecular complexity index is 1400. The second-order valence-corrected chi connectivity index (χ2v) is 11.9. The molecule has 3 fully saturated rings. The van der Waals surface area contributed by atoms with Gasteiger partial charge < -0.3 is 79.1 Å². The maximum atomic E-state index is 13.1. The first kappa shape index (κ1) is 38.1. The third kappa shape index (κ3) is 7.69. The van der Waals surface area contributed by atoms with E-state index in [0.29, 0.717) is 0 Å². The fraction of sp³-hybridized carbons (Fsp3) is 0.562. The van der Waals surface area contributed by atoms with Crippen LogP contribution >= 0.6 is 0 Å². The molecule has 0 aliphatic carbocycles. The molecule has 9 N–H and O–H groups in total. The van der Waals surface area contributed by atoms with Crippen LogP contribution in [0.5, 0.6) is 0 Å². The number of carbonyl (C=O) groups is 2. The highest BCUT2D eigenvalue weighted by Gasteiger charge is 2.62. The van der Waals surface area contributed by atoms with Crippen molar-refractivity contribution in [3.8, 4) is 0 Å². The van der Waals surface area contributed by atoms with Gasteiger partial charge in [-0.3, -0.25) is 0 Å². The first-order chi connectivity index (χ1) is 24.0. The van der Waals surface area contributed by atoms with Crippen LogP contribution in [-0.2, 0) is 33.2 Å². The van der Waals surface area contributed by atoms with Crippen molar-refractivity contribution in [3.63, 3.8) is 0 Å². The molecule has 3 heterocycles. The highest BCUT2D eigenvalue weighted by atomic mass is 16.8. The molecular weight excluding hydrogens is 672 g/mol. The Kier molecular flexibility index (Phi) is 12.5. The van der Waals surface area contributed by atoms with Crippen molar-refractivity contribution in [2.75, 3.05) is 26.4 Å². The van der Waals surface area contributed by atoms with Gasteiger partial charge in [-0.1, -0.05) is 36.4 Å². The highest BCUT2D eigenvalue weighted by molar-refractivity contribution is 5.90. The fourth-order valence-corrected chi connectivity index (χ4v) is 5.89. The van der Waals surface area contributed by atoms with Crippen LogP contribution in [0.3, 0.4) is 0 Å². The number of rotatable bonds is 12. The zero-order chi connectivity index (χ0) is 36.2. The Balaban J connectivity index is 1.49. The smallest absolute Gasteiger partial charge is 0.338 e. The zero-order valence-corrected chi connectivity index (χ0v) is 26.3. The molecule has 14 unspecified atom stereocenters. The lowest BCUT2D eigenvalue weighted by Gasteiger charge is -2.48. The van der Waals surface area contributed by atoms with Gasteiger partial charge in [-0.05, 0) is 24.3 Å². The van der Waals surface area contributed by atoms with E-state index >= 15 is 0 Å². The van der Waals surface area contributed by atoms with Gasteiger partial charge in [0, 0.05) is 0 Å². The van der Waals surface area contributed by atoms with Gasteiger partial charge in [0.05, 0.1) is 30.9 Å². The molecule has 0 spiro atoms. The van der Waals surface area contributed by atoms with Crippen LogP contribution in [-0.4, -0.2) is 170 Å². The summed E-state index contributed by atoms with van der Waals surface area (Å²) in [5.41, 5.74) is 0.0995. The van der Waals surface area contributed by atoms with E-state index in [1.165, 1.54) is 24.3 Å². The van der Waals surface area contributed by atoms with Crippen molar-refractivity contribution in [1.82, 2.24) is 0 Å². The lowest BCUT2D eigenvalue weighted by Crippen LogP contribution is -2.67. The van der Waals surface area contributed by atoms with Crippen LogP contribution in [0.2, 0.25) is 0 Å². The summed E-state index contributed by atoms with van der Waals surface area (Å²) in [4.78, 5) is 26.1. The molecule has 0 aromatic heterocycles. The summed E-state index contributed by atoms with van der Waals surface area (Å²) in [6, 6.07) is 15.1. The number of ether oxygens (including phenoxy) is 7. The third-order valence-corrected chi connectivity index (χ3v) is 8.62. The minimum atomic E-state index is -2.55. The minimum absolute atomic E-state index is 0.0376. The van der Waals surface area contributed by atoms with Gasteiger partial charge in [-0.2, -0.15) is 0 Å². The first-order valence-corrected chi connectivity index (χ1v) is 15.7. The second kappa shape index (κ2) is 16.4. The molecule has 276 valence electrons. The van der Waals surface area contributed by atoms with Gasteiger partial charge in [0.15, 0.2) is 24.8 Å². The van der Waals surface area contributed by atoms with Crippen LogP contribution in [0.15, 0.2) is 60.7 Å². The van der Waals surface area contributed by atoms with Crippen molar-refractivity contribution in [2.24, 2.45) is 0 Å². The monoisotopic (exact) mass is 712 g/mol. The van der Waals surface area contributed by atoms with E-state index in [2.05, 4.69) is 0 Å². The van der Waals surface area contributed by atoms with Crippen molar-refractivity contribution in [1.29, 1.82) is 0 Å². The van der Waals surface area contributed by atoms with E-state index in [-0.39, 0.29) is 11.1 Å². The van der Waals surface area contributed by atoms with E-state index in [4.69, 9.17) is 33.2 Å². The summed E-state index contributed by atoms with van der Waals surface area (Å²) < 4.78 is 39.8. The lowest BCUT2D eigenvalue weighted by atomic mass is 9.96. The van der Waals surface area contributed by atoms with Gasteiger partial charge in [-0.25, -0.2) is 9.59 Å². The second-order valence-electron chi connectivity index (χ2n) is 11.9. The molecular formula is C32H40O18. The van der Waals surface area contributed by atoms with Gasteiger partial charge in [-0.15, -0.1) is 0 Å². The van der Waals surface area contributed by atoms with Crippen molar-refractivity contribution < 1.29 is 88.7 Å². The predicted octanol–water partition coefficient (Wildman–Crippen LogP) is -3.84. The molecule has 18 heteroatoms. The molecule has 0 saturated carbocycles. The summed E-state index contributed by atoms with van der Waals surface area (Å²) >= 11 is 0. The van der Waals surface area contributed by atoms with E-state index < -0.39 is 124 Å². The van der Waals surface area contributed by atoms with Crippen LogP contribution in [0.25, 0.3) is 0 Å². The maximum absolute atomic E-state index is 13.1. The zero-order valence-electron chi connectivity index (χ0n) is 26.3. The molecule has 2 aromatic rings. The highest BCUT2D eigenvalue weighted by Crippen LogP contribution is 2.40. The number of benzene rings is 2. The van der Waals surface area contributed by atoms with Crippen molar-refractivity contribution >= 4 is 11.9 Å². The van der Waals surface area contributed by atoms with E-state index in [9.17, 15) is 55.5 Å². The summed E-state index contributed by atoms with van der Waals surface area (Å²) in [5.74, 6) is -4.49. The van der Waals surface area contributed by atoms with Crippen LogP contribution in [0, 0.1) is 0 Å². The van der Waals surface area contributed by atoms with Gasteiger partial charge in [0.25, 0.3) is 0 Å². The molecule has 0 radical (unpaired) electrons. The van der Waals surface area contributed by atoms with E-state index in [1.807, 2.05) is 0 Å². The normalized spacial score (nSPS) is 38.8. The van der Waals surface area contributed by atoms with Gasteiger partial charge in [0.2, 0.25) is 5.79 Å². The average Bonchev–Trinajstić information content (AvgIpc) is 3.40. The van der Waals surface area contributed by atoms with Gasteiger partial charge >= 0.3 is 11.9 Å². The predicted molar refractivity (Wildman–Crippen MR) is 161 cm³/mol. The summed E-state index contributed by atoms with van der Waals surface area (Å²) in [6.07, 6.45) is -23.5. The third-order valence-electron chi connectivity index (χ3n) is 8.62. The van der Waals surface area contributed by atoms with Gasteiger partial charge in [0.1, 0.15) is 61.5 Å². The van der Waals surface area contributed by atoms with Crippen molar-refractivity contribution in [3.05, 3.63) is 71.8 Å². The largest absolute Gasteiger partial charge is 0.453 e. The molecule has 0 amide bonds. The molecule has 14 atom stereocenters. The van der Waals surface area contributed by atoms with Crippen LogP contribution in [0.4, 0.5) is 0 Å². The molecule has 18 nitrogen and oxygen atoms in total. The molecule has 3 aliphatic rings. The summed E-state index contributed by atoms with van der Waals surface area (Å²) in [6.45, 7) is -3.76. The lowest BCUT2D eigenvalue weighted by molar-refractivity contribution is -0.407. The number of hydrogen-bond acceptors (Lipinski definition) is 18. The molecule has 0 bridgehead atoms. The number of hydrogen-bond donors (Lipinski definition) is 9. The molecule has 5 rings (SSSR count). The minimum Gasteiger partial charge on any atom is -0.453 e. The van der Waals surface area contributed by atoms with Crippen molar-refractivity contribution in [2.45, 2.75) is 85.5 Å². The Hall–Kier alpha value is -3.18. The topological polar surface area (TPSA) is 281 Å². The number of carbonyl (C=O) groups excluding carboxylic acids is 2. The SMILES string of the molecule is O=C(OC1C(CO)OC(OC2(CO)OC(CO)C(O)C2OC(=O)c2ccccc2)C(OC2OC(CO)C(O)C(O)C2O)C1O)c1ccccc1. The Morgan fingerprint density at radius 1 is 0.600 bits per heavy atom. The Labute approximate surface area is 284 Å². The van der Waals surface area contributed by atoms with E-state index in [1.54, 1.807) is 36.4 Å². The van der Waals surface area contributed by atoms with Crippen LogP contribution < -0.4 is 0 Å². The summed E-state index contributed by atoms with van der Waals surface area (Å²) in [5, 5.41) is 94.5. The molecule has 3 aliphatic heterocycles.